The van der Waals surface area contributed by atoms with Crippen LogP contribution in [-0.2, 0) is 11.2 Å². The van der Waals surface area contributed by atoms with Crippen LogP contribution in [0.4, 0.5) is 4.39 Å². The maximum Gasteiger partial charge on any atom is 0.311 e. The first-order chi connectivity index (χ1) is 9.47. The minimum atomic E-state index is -0.934. The zero-order valence-electron chi connectivity index (χ0n) is 10.9. The molecular weight excluding hydrogens is 279 g/mol. The molecule has 2 aromatic carbocycles. The monoisotopic (exact) mass is 292 g/mol. The lowest BCUT2D eigenvalue weighted by molar-refractivity contribution is -0.138. The lowest BCUT2D eigenvalue weighted by atomic mass is 9.90. The predicted molar refractivity (Wildman–Crippen MR) is 76.7 cm³/mol. The van der Waals surface area contributed by atoms with Crippen LogP contribution in [0.3, 0.4) is 0 Å². The number of benzene rings is 2. The van der Waals surface area contributed by atoms with Crippen molar-refractivity contribution >= 4 is 17.6 Å². The molecule has 4 heteroatoms. The van der Waals surface area contributed by atoms with Crippen molar-refractivity contribution in [2.45, 2.75) is 19.3 Å². The molecule has 104 valence electrons. The van der Waals surface area contributed by atoms with E-state index in [0.29, 0.717) is 16.1 Å². The van der Waals surface area contributed by atoms with Crippen molar-refractivity contribution in [1.29, 1.82) is 0 Å². The molecule has 0 aliphatic rings. The lowest BCUT2D eigenvalue weighted by Crippen LogP contribution is -2.15. The zero-order valence-corrected chi connectivity index (χ0v) is 11.7. The first-order valence-corrected chi connectivity index (χ1v) is 6.58. The fraction of sp³-hybridized carbons (Fsp3) is 0.188. The smallest absolute Gasteiger partial charge is 0.311 e. The number of aryl methyl sites for hydroxylation is 1. The Hall–Kier alpha value is -1.87. The molecule has 1 atom stereocenters. The summed E-state index contributed by atoms with van der Waals surface area (Å²) in [6, 6.07) is 11.1. The molecule has 0 aromatic heterocycles. The van der Waals surface area contributed by atoms with Gasteiger partial charge in [-0.25, -0.2) is 4.39 Å². The van der Waals surface area contributed by atoms with E-state index in [1.165, 1.54) is 12.1 Å². The van der Waals surface area contributed by atoms with Crippen LogP contribution in [0.1, 0.15) is 22.6 Å². The third kappa shape index (κ3) is 3.36. The molecule has 2 rings (SSSR count). The Morgan fingerprint density at radius 3 is 2.50 bits per heavy atom. The molecule has 0 saturated heterocycles. The number of carboxylic acids is 1. The zero-order chi connectivity index (χ0) is 14.7. The molecule has 0 radical (unpaired) electrons. The predicted octanol–water partition coefficient (Wildman–Crippen LogP) is 4.20. The second-order valence-corrected chi connectivity index (χ2v) is 5.15. The summed E-state index contributed by atoms with van der Waals surface area (Å²) in [7, 11) is 0. The number of hydrogen-bond acceptors (Lipinski definition) is 1. The van der Waals surface area contributed by atoms with Gasteiger partial charge >= 0.3 is 5.97 Å². The molecule has 0 fully saturated rings. The van der Waals surface area contributed by atoms with E-state index in [2.05, 4.69) is 0 Å². The number of rotatable bonds is 4. The second-order valence-electron chi connectivity index (χ2n) is 4.72. The van der Waals surface area contributed by atoms with Gasteiger partial charge in [-0.05, 0) is 54.3 Å². The first-order valence-electron chi connectivity index (χ1n) is 6.20. The summed E-state index contributed by atoms with van der Waals surface area (Å²) in [5.41, 5.74) is 2.24. The van der Waals surface area contributed by atoms with E-state index >= 15 is 0 Å². The fourth-order valence-corrected chi connectivity index (χ4v) is 2.25. The van der Waals surface area contributed by atoms with E-state index in [-0.39, 0.29) is 12.2 Å². The van der Waals surface area contributed by atoms with Gasteiger partial charge in [0.2, 0.25) is 0 Å². The third-order valence-corrected chi connectivity index (χ3v) is 3.56. The van der Waals surface area contributed by atoms with Gasteiger partial charge in [0.05, 0.1) is 5.92 Å². The standard InChI is InChI=1S/C16H14ClFO2/c1-10-2-7-14(18)8-12(10)9-15(16(19)20)11-3-5-13(17)6-4-11/h2-8,15H,9H2,1H3,(H,19,20). The normalized spacial score (nSPS) is 12.2. The molecule has 1 N–H and O–H groups in total. The highest BCUT2D eigenvalue weighted by Crippen LogP contribution is 2.25. The Morgan fingerprint density at radius 1 is 1.25 bits per heavy atom. The number of carboxylic acid groups (broad SMARTS) is 1. The number of halogens is 2. The van der Waals surface area contributed by atoms with Gasteiger partial charge in [-0.2, -0.15) is 0 Å². The van der Waals surface area contributed by atoms with Crippen LogP contribution < -0.4 is 0 Å². The fourth-order valence-electron chi connectivity index (χ4n) is 2.12. The SMILES string of the molecule is Cc1ccc(F)cc1CC(C(=O)O)c1ccc(Cl)cc1. The topological polar surface area (TPSA) is 37.3 Å². The van der Waals surface area contributed by atoms with E-state index in [4.69, 9.17) is 11.6 Å². The minimum absolute atomic E-state index is 0.251. The maximum absolute atomic E-state index is 13.3. The van der Waals surface area contributed by atoms with Gasteiger partial charge in [0.15, 0.2) is 0 Å². The van der Waals surface area contributed by atoms with Crippen molar-refractivity contribution in [3.05, 3.63) is 70.0 Å². The highest BCUT2D eigenvalue weighted by molar-refractivity contribution is 6.30. The van der Waals surface area contributed by atoms with Crippen LogP contribution in [0.5, 0.6) is 0 Å². The van der Waals surface area contributed by atoms with E-state index in [0.717, 1.165) is 5.56 Å². The largest absolute Gasteiger partial charge is 0.481 e. The molecule has 0 saturated carbocycles. The van der Waals surface area contributed by atoms with Gasteiger partial charge in [-0.3, -0.25) is 4.79 Å². The molecular formula is C16H14ClFO2. The molecule has 0 aliphatic carbocycles. The van der Waals surface area contributed by atoms with Crippen molar-refractivity contribution < 1.29 is 14.3 Å². The van der Waals surface area contributed by atoms with E-state index in [1.54, 1.807) is 30.3 Å². The average molecular weight is 293 g/mol. The van der Waals surface area contributed by atoms with Gasteiger partial charge in [0.1, 0.15) is 5.82 Å². The Balaban J connectivity index is 2.32. The van der Waals surface area contributed by atoms with Gasteiger partial charge < -0.3 is 5.11 Å². The molecule has 2 aromatic rings. The number of carbonyl (C=O) groups is 1. The van der Waals surface area contributed by atoms with E-state index < -0.39 is 11.9 Å². The summed E-state index contributed by atoms with van der Waals surface area (Å²) < 4.78 is 13.3. The van der Waals surface area contributed by atoms with Crippen LogP contribution in [0.25, 0.3) is 0 Å². The highest BCUT2D eigenvalue weighted by atomic mass is 35.5. The van der Waals surface area contributed by atoms with Gasteiger partial charge in [-0.15, -0.1) is 0 Å². The highest BCUT2D eigenvalue weighted by Gasteiger charge is 2.21. The van der Waals surface area contributed by atoms with Crippen LogP contribution in [0.15, 0.2) is 42.5 Å². The number of aliphatic carboxylic acids is 1. The quantitative estimate of drug-likeness (QED) is 0.917. The van der Waals surface area contributed by atoms with Crippen molar-refractivity contribution in [1.82, 2.24) is 0 Å². The van der Waals surface area contributed by atoms with E-state index in [9.17, 15) is 14.3 Å². The van der Waals surface area contributed by atoms with Crippen molar-refractivity contribution in [2.75, 3.05) is 0 Å². The Kier molecular flexibility index (Phi) is 4.40. The van der Waals surface area contributed by atoms with E-state index in [1.807, 2.05) is 6.92 Å². The molecule has 20 heavy (non-hydrogen) atoms. The van der Waals surface area contributed by atoms with Crippen LogP contribution in [0.2, 0.25) is 5.02 Å². The molecule has 2 nitrogen and oxygen atoms in total. The van der Waals surface area contributed by atoms with Crippen molar-refractivity contribution in [3.63, 3.8) is 0 Å². The Morgan fingerprint density at radius 2 is 1.90 bits per heavy atom. The van der Waals surface area contributed by atoms with Gasteiger partial charge in [0.25, 0.3) is 0 Å². The van der Waals surface area contributed by atoms with Gasteiger partial charge in [0, 0.05) is 5.02 Å². The minimum Gasteiger partial charge on any atom is -0.481 e. The molecule has 0 aliphatic heterocycles. The first kappa shape index (κ1) is 14.5. The molecule has 0 amide bonds. The summed E-state index contributed by atoms with van der Waals surface area (Å²) in [4.78, 5) is 11.5. The van der Waals surface area contributed by atoms with Crippen LogP contribution in [-0.4, -0.2) is 11.1 Å². The van der Waals surface area contributed by atoms with Crippen molar-refractivity contribution in [3.8, 4) is 0 Å². The second kappa shape index (κ2) is 6.06. The summed E-state index contributed by atoms with van der Waals surface area (Å²) in [5, 5.41) is 9.95. The summed E-state index contributed by atoms with van der Waals surface area (Å²) >= 11 is 5.81. The summed E-state index contributed by atoms with van der Waals surface area (Å²) in [6.07, 6.45) is 0.251. The summed E-state index contributed by atoms with van der Waals surface area (Å²) in [6.45, 7) is 1.84. The molecule has 0 bridgehead atoms. The van der Waals surface area contributed by atoms with Crippen molar-refractivity contribution in [2.24, 2.45) is 0 Å². The molecule has 0 spiro atoms. The molecule has 0 heterocycles. The Labute approximate surface area is 121 Å². The van der Waals surface area contributed by atoms with Crippen LogP contribution >= 0.6 is 11.6 Å². The van der Waals surface area contributed by atoms with Gasteiger partial charge in [-0.1, -0.05) is 29.8 Å². The lowest BCUT2D eigenvalue weighted by Gasteiger charge is -2.14. The summed E-state index contributed by atoms with van der Waals surface area (Å²) in [5.74, 6) is -2.01. The average Bonchev–Trinajstić information content (AvgIpc) is 2.40. The maximum atomic E-state index is 13.3. The molecule has 1 unspecified atom stereocenters. The van der Waals surface area contributed by atoms with Crippen LogP contribution in [0, 0.1) is 12.7 Å². The third-order valence-electron chi connectivity index (χ3n) is 3.31. The number of hydrogen-bond donors (Lipinski definition) is 1. The Bertz CT molecular complexity index is 623.